The molecule has 1 aliphatic rings. The van der Waals surface area contributed by atoms with Crippen molar-refractivity contribution in [3.8, 4) is 6.07 Å². The Morgan fingerprint density at radius 2 is 2.05 bits per heavy atom. The highest BCUT2D eigenvalue weighted by Crippen LogP contribution is 2.20. The van der Waals surface area contributed by atoms with Crippen LogP contribution in [0.15, 0.2) is 29.2 Å². The molecule has 0 radical (unpaired) electrons. The van der Waals surface area contributed by atoms with Crippen LogP contribution in [0.5, 0.6) is 0 Å². The molecule has 108 valence electrons. The smallest absolute Gasteiger partial charge is 0.229 e. The number of nitrogens with zero attached hydrogens (tertiary/aromatic N) is 1. The molecule has 0 aromatic heterocycles. The molecule has 2 atom stereocenters. The van der Waals surface area contributed by atoms with Gasteiger partial charge in [0.2, 0.25) is 10.0 Å². The van der Waals surface area contributed by atoms with Gasteiger partial charge < -0.3 is 0 Å². The maximum atomic E-state index is 12.1. The Bertz CT molecular complexity index is 768. The van der Waals surface area contributed by atoms with Crippen LogP contribution in [0.25, 0.3) is 0 Å². The van der Waals surface area contributed by atoms with Gasteiger partial charge in [-0.15, -0.1) is 11.6 Å². The molecule has 9 heteroatoms. The first-order valence-electron chi connectivity index (χ1n) is 5.60. The van der Waals surface area contributed by atoms with Crippen molar-refractivity contribution in [1.82, 2.24) is 4.72 Å². The highest BCUT2D eigenvalue weighted by Gasteiger charge is 2.38. The number of nitriles is 1. The van der Waals surface area contributed by atoms with Crippen LogP contribution in [-0.2, 0) is 19.9 Å². The van der Waals surface area contributed by atoms with Crippen molar-refractivity contribution < 1.29 is 16.8 Å². The summed E-state index contributed by atoms with van der Waals surface area (Å²) in [6.07, 6.45) is 0. The van der Waals surface area contributed by atoms with Gasteiger partial charge >= 0.3 is 0 Å². The normalized spacial score (nSPS) is 25.2. The highest BCUT2D eigenvalue weighted by atomic mass is 35.5. The monoisotopic (exact) mass is 334 g/mol. The van der Waals surface area contributed by atoms with Gasteiger partial charge in [0, 0.05) is 0 Å². The van der Waals surface area contributed by atoms with Crippen LogP contribution in [0.2, 0.25) is 0 Å². The predicted octanol–water partition coefficient (Wildman–Crippen LogP) is 0.241. The molecule has 0 unspecified atom stereocenters. The Balaban J connectivity index is 2.26. The molecule has 1 N–H and O–H groups in total. The zero-order chi connectivity index (χ0) is 15.0. The second-order valence-corrected chi connectivity index (χ2v) is 8.89. The topological polar surface area (TPSA) is 104 Å². The molecular formula is C11H11ClN2O4S2. The lowest BCUT2D eigenvalue weighted by Crippen LogP contribution is -2.40. The highest BCUT2D eigenvalue weighted by molar-refractivity contribution is 7.92. The predicted molar refractivity (Wildman–Crippen MR) is 73.6 cm³/mol. The average molecular weight is 335 g/mol. The van der Waals surface area contributed by atoms with Crippen LogP contribution in [0.4, 0.5) is 0 Å². The van der Waals surface area contributed by atoms with E-state index >= 15 is 0 Å². The number of benzene rings is 1. The van der Waals surface area contributed by atoms with Crippen LogP contribution in [0.3, 0.4) is 0 Å². The number of hydrogen-bond acceptors (Lipinski definition) is 5. The molecule has 1 fully saturated rings. The van der Waals surface area contributed by atoms with Crippen molar-refractivity contribution in [2.75, 3.05) is 11.5 Å². The maximum absolute atomic E-state index is 12.1. The zero-order valence-electron chi connectivity index (χ0n) is 10.2. The average Bonchev–Trinajstić information content (AvgIpc) is 2.61. The van der Waals surface area contributed by atoms with Gasteiger partial charge in [-0.3, -0.25) is 0 Å². The van der Waals surface area contributed by atoms with Crippen molar-refractivity contribution in [3.63, 3.8) is 0 Å². The lowest BCUT2D eigenvalue weighted by Gasteiger charge is -2.14. The van der Waals surface area contributed by atoms with Crippen molar-refractivity contribution >= 4 is 31.5 Å². The fourth-order valence-corrected chi connectivity index (χ4v) is 5.96. The Morgan fingerprint density at radius 1 is 1.35 bits per heavy atom. The van der Waals surface area contributed by atoms with E-state index in [1.165, 1.54) is 24.3 Å². The third-order valence-electron chi connectivity index (χ3n) is 2.86. The number of alkyl halides is 1. The summed E-state index contributed by atoms with van der Waals surface area (Å²) in [5.74, 6) is -0.571. The summed E-state index contributed by atoms with van der Waals surface area (Å²) in [5.41, 5.74) is 0.203. The van der Waals surface area contributed by atoms with Gasteiger partial charge in [0.05, 0.1) is 39.5 Å². The fraction of sp³-hybridized carbons (Fsp3) is 0.364. The van der Waals surface area contributed by atoms with Crippen molar-refractivity contribution in [3.05, 3.63) is 29.8 Å². The first-order chi connectivity index (χ1) is 9.23. The molecule has 1 aliphatic heterocycles. The summed E-state index contributed by atoms with van der Waals surface area (Å²) < 4.78 is 49.4. The summed E-state index contributed by atoms with van der Waals surface area (Å²) in [4.78, 5) is -0.0929. The number of sulfonamides is 1. The number of hydrogen-bond donors (Lipinski definition) is 1. The lowest BCUT2D eigenvalue weighted by molar-refractivity contribution is 0.563. The Kier molecular flexibility index (Phi) is 4.07. The Hall–Kier alpha value is -1.14. The van der Waals surface area contributed by atoms with Gasteiger partial charge in [-0.05, 0) is 18.2 Å². The largest absolute Gasteiger partial charge is 0.240 e. The molecular weight excluding hydrogens is 324 g/mol. The van der Waals surface area contributed by atoms with Crippen LogP contribution in [-0.4, -0.2) is 39.8 Å². The molecule has 0 spiro atoms. The second-order valence-electron chi connectivity index (χ2n) is 4.46. The maximum Gasteiger partial charge on any atom is 0.240 e. The number of halogens is 1. The minimum Gasteiger partial charge on any atom is -0.229 e. The first-order valence-corrected chi connectivity index (χ1v) is 9.34. The van der Waals surface area contributed by atoms with Gasteiger partial charge in [0.25, 0.3) is 0 Å². The second kappa shape index (κ2) is 5.33. The minimum absolute atomic E-state index is 0.0929. The standard InChI is InChI=1S/C11H11ClN2O4S2/c12-10-6-19(15,16)7-11(10)14-20(17,18)9-3-1-2-8(4-9)5-13/h1-4,10-11,14H,6-7H2/t10-,11-/m1/s1. The summed E-state index contributed by atoms with van der Waals surface area (Å²) in [7, 11) is -7.23. The van der Waals surface area contributed by atoms with Crippen molar-refractivity contribution in [2.45, 2.75) is 16.3 Å². The molecule has 1 heterocycles. The van der Waals surface area contributed by atoms with Crippen LogP contribution in [0, 0.1) is 11.3 Å². The summed E-state index contributed by atoms with van der Waals surface area (Å²) in [6, 6.07) is 6.44. The van der Waals surface area contributed by atoms with E-state index in [0.717, 1.165) is 0 Å². The van der Waals surface area contributed by atoms with E-state index in [1.54, 1.807) is 0 Å². The van der Waals surface area contributed by atoms with Gasteiger partial charge in [-0.1, -0.05) is 6.07 Å². The Morgan fingerprint density at radius 3 is 2.60 bits per heavy atom. The third-order valence-corrected chi connectivity index (χ3v) is 6.73. The van der Waals surface area contributed by atoms with E-state index in [2.05, 4.69) is 4.72 Å². The number of sulfone groups is 1. The molecule has 2 rings (SSSR count). The van der Waals surface area contributed by atoms with Gasteiger partial charge in [0.1, 0.15) is 0 Å². The Labute approximate surface area is 122 Å². The van der Waals surface area contributed by atoms with Crippen LogP contribution < -0.4 is 4.72 Å². The van der Waals surface area contributed by atoms with E-state index in [9.17, 15) is 16.8 Å². The van der Waals surface area contributed by atoms with Crippen molar-refractivity contribution in [2.24, 2.45) is 0 Å². The van der Waals surface area contributed by atoms with Gasteiger partial charge in [-0.2, -0.15) is 5.26 Å². The zero-order valence-corrected chi connectivity index (χ0v) is 12.5. The SMILES string of the molecule is N#Cc1cccc(S(=O)(=O)N[C@@H]2CS(=O)(=O)C[C@H]2Cl)c1. The van der Waals surface area contributed by atoms with E-state index in [4.69, 9.17) is 16.9 Å². The fourth-order valence-electron chi connectivity index (χ4n) is 1.91. The first kappa shape index (κ1) is 15.3. The molecule has 0 bridgehead atoms. The van der Waals surface area contributed by atoms with E-state index in [0.29, 0.717) is 0 Å². The van der Waals surface area contributed by atoms with E-state index < -0.39 is 31.3 Å². The van der Waals surface area contributed by atoms with E-state index in [-0.39, 0.29) is 22.0 Å². The minimum atomic E-state index is -3.91. The molecule has 0 saturated carbocycles. The van der Waals surface area contributed by atoms with Gasteiger partial charge in [0.15, 0.2) is 9.84 Å². The lowest BCUT2D eigenvalue weighted by atomic mass is 10.2. The molecule has 1 aromatic rings. The summed E-state index contributed by atoms with van der Waals surface area (Å²) in [6.45, 7) is 0. The number of nitrogens with one attached hydrogen (secondary N) is 1. The molecule has 1 saturated heterocycles. The summed E-state index contributed by atoms with van der Waals surface area (Å²) >= 11 is 5.86. The van der Waals surface area contributed by atoms with Crippen LogP contribution >= 0.6 is 11.6 Å². The molecule has 0 amide bonds. The van der Waals surface area contributed by atoms with Crippen molar-refractivity contribution in [1.29, 1.82) is 5.26 Å². The molecule has 1 aromatic carbocycles. The quantitative estimate of drug-likeness (QED) is 0.797. The molecule has 0 aliphatic carbocycles. The summed E-state index contributed by atoms with van der Waals surface area (Å²) in [5, 5.41) is 7.96. The van der Waals surface area contributed by atoms with Crippen LogP contribution in [0.1, 0.15) is 5.56 Å². The molecule has 6 nitrogen and oxygen atoms in total. The third kappa shape index (κ3) is 3.30. The van der Waals surface area contributed by atoms with E-state index in [1.807, 2.05) is 6.07 Å². The van der Waals surface area contributed by atoms with Gasteiger partial charge in [-0.25, -0.2) is 21.6 Å². The number of rotatable bonds is 3. The molecule has 20 heavy (non-hydrogen) atoms.